The summed E-state index contributed by atoms with van der Waals surface area (Å²) in [5.74, 6) is 0.409. The van der Waals surface area contributed by atoms with E-state index in [9.17, 15) is 0 Å². The Morgan fingerprint density at radius 2 is 2.12 bits per heavy atom. The molecule has 1 aromatic rings. The van der Waals surface area contributed by atoms with Crippen LogP contribution in [0.15, 0.2) is 6.20 Å². The average Bonchev–Trinajstić information content (AvgIpc) is 2.81. The monoisotopic (exact) mass is 218 g/mol. The summed E-state index contributed by atoms with van der Waals surface area (Å²) in [5.41, 5.74) is 8.07. The van der Waals surface area contributed by atoms with Crippen molar-refractivity contribution in [1.29, 1.82) is 0 Å². The molecule has 86 valence electrons. The summed E-state index contributed by atoms with van der Waals surface area (Å²) in [6.07, 6.45) is 8.46. The molecule has 0 spiro atoms. The first-order valence-corrected chi connectivity index (χ1v) is 6.17. The first-order chi connectivity index (χ1) is 7.83. The van der Waals surface area contributed by atoms with Gasteiger partial charge in [-0.3, -0.25) is 4.90 Å². The highest BCUT2D eigenvalue weighted by molar-refractivity contribution is 5.27. The molecule has 0 amide bonds. The maximum absolute atomic E-state index is 5.64. The third-order valence-electron chi connectivity index (χ3n) is 3.84. The number of hydrogen-bond donors (Lipinski definition) is 1. The van der Waals surface area contributed by atoms with Crippen molar-refractivity contribution in [2.75, 3.05) is 12.3 Å². The highest BCUT2D eigenvalue weighted by Crippen LogP contribution is 2.27. The summed E-state index contributed by atoms with van der Waals surface area (Å²) in [6.45, 7) is 2.12. The Morgan fingerprint density at radius 1 is 1.31 bits per heavy atom. The lowest BCUT2D eigenvalue weighted by Crippen LogP contribution is -2.38. The fourth-order valence-corrected chi connectivity index (χ4v) is 2.92. The lowest BCUT2D eigenvalue weighted by Gasteiger charge is -2.32. The van der Waals surface area contributed by atoms with Crippen molar-refractivity contribution in [3.63, 3.8) is 0 Å². The summed E-state index contributed by atoms with van der Waals surface area (Å²) in [5, 5.41) is 0. The Bertz CT molecular complexity index is 385. The summed E-state index contributed by atoms with van der Waals surface area (Å²) in [4.78, 5) is 11.0. The topological polar surface area (TPSA) is 55.0 Å². The van der Waals surface area contributed by atoms with E-state index in [1.54, 1.807) is 0 Å². The van der Waals surface area contributed by atoms with E-state index in [2.05, 4.69) is 14.9 Å². The van der Waals surface area contributed by atoms with Gasteiger partial charge in [0.05, 0.1) is 5.69 Å². The predicted molar refractivity (Wildman–Crippen MR) is 62.8 cm³/mol. The van der Waals surface area contributed by atoms with Crippen LogP contribution in [0.2, 0.25) is 0 Å². The van der Waals surface area contributed by atoms with E-state index >= 15 is 0 Å². The molecule has 0 atom stereocenters. The minimum Gasteiger partial charge on any atom is -0.368 e. The fourth-order valence-electron chi connectivity index (χ4n) is 2.92. The second-order valence-electron chi connectivity index (χ2n) is 4.86. The molecule has 1 aliphatic carbocycles. The lowest BCUT2D eigenvalue weighted by molar-refractivity contribution is 0.178. The van der Waals surface area contributed by atoms with Gasteiger partial charge in [-0.05, 0) is 24.8 Å². The maximum atomic E-state index is 5.64. The Morgan fingerprint density at radius 3 is 2.94 bits per heavy atom. The number of fused-ring (bicyclic) bond motifs is 1. The van der Waals surface area contributed by atoms with E-state index in [4.69, 9.17) is 5.73 Å². The molecule has 4 heteroatoms. The second-order valence-corrected chi connectivity index (χ2v) is 4.86. The van der Waals surface area contributed by atoms with Gasteiger partial charge in [0.2, 0.25) is 5.95 Å². The minimum absolute atomic E-state index is 0.409. The first-order valence-electron chi connectivity index (χ1n) is 6.17. The molecule has 0 bridgehead atoms. The Hall–Kier alpha value is -1.16. The number of aromatic nitrogens is 2. The molecule has 1 aromatic heterocycles. The van der Waals surface area contributed by atoms with E-state index in [1.165, 1.54) is 31.2 Å². The molecule has 0 unspecified atom stereocenters. The Kier molecular flexibility index (Phi) is 2.52. The van der Waals surface area contributed by atoms with Gasteiger partial charge in [0, 0.05) is 25.3 Å². The van der Waals surface area contributed by atoms with Gasteiger partial charge in [0.15, 0.2) is 0 Å². The molecule has 3 rings (SSSR count). The zero-order valence-corrected chi connectivity index (χ0v) is 9.52. The van der Waals surface area contributed by atoms with Crippen molar-refractivity contribution in [3.8, 4) is 0 Å². The van der Waals surface area contributed by atoms with Crippen LogP contribution in [0.4, 0.5) is 5.95 Å². The van der Waals surface area contributed by atoms with E-state index in [1.807, 2.05) is 6.20 Å². The first kappa shape index (κ1) is 10.0. The molecule has 0 saturated heterocycles. The van der Waals surface area contributed by atoms with Gasteiger partial charge in [-0.25, -0.2) is 9.97 Å². The summed E-state index contributed by atoms with van der Waals surface area (Å²) < 4.78 is 0. The van der Waals surface area contributed by atoms with E-state index in [0.29, 0.717) is 5.95 Å². The van der Waals surface area contributed by atoms with Gasteiger partial charge in [-0.2, -0.15) is 0 Å². The molecule has 4 nitrogen and oxygen atoms in total. The van der Waals surface area contributed by atoms with Gasteiger partial charge in [-0.1, -0.05) is 12.8 Å². The number of anilines is 1. The van der Waals surface area contributed by atoms with Gasteiger partial charge in [-0.15, -0.1) is 0 Å². The van der Waals surface area contributed by atoms with E-state index in [-0.39, 0.29) is 0 Å². The number of nitrogens with two attached hydrogens (primary N) is 1. The molecule has 16 heavy (non-hydrogen) atoms. The molecule has 1 fully saturated rings. The molecular formula is C12H18N4. The van der Waals surface area contributed by atoms with Crippen molar-refractivity contribution in [2.24, 2.45) is 0 Å². The van der Waals surface area contributed by atoms with Crippen LogP contribution in [0.5, 0.6) is 0 Å². The van der Waals surface area contributed by atoms with Crippen LogP contribution in [0.3, 0.4) is 0 Å². The van der Waals surface area contributed by atoms with Crippen molar-refractivity contribution in [2.45, 2.75) is 44.7 Å². The SMILES string of the molecule is Nc1ncc2c(n1)CN(C1CCCC1)CC2. The fraction of sp³-hybridized carbons (Fsp3) is 0.667. The lowest BCUT2D eigenvalue weighted by atomic mass is 10.0. The Balaban J connectivity index is 1.79. The van der Waals surface area contributed by atoms with Crippen LogP contribution in [-0.4, -0.2) is 27.5 Å². The van der Waals surface area contributed by atoms with Gasteiger partial charge in [0.1, 0.15) is 0 Å². The third kappa shape index (κ3) is 1.78. The normalized spacial score (nSPS) is 22.2. The van der Waals surface area contributed by atoms with E-state index in [0.717, 1.165) is 31.2 Å². The molecule has 1 aliphatic heterocycles. The zero-order chi connectivity index (χ0) is 11.0. The van der Waals surface area contributed by atoms with Crippen LogP contribution in [-0.2, 0) is 13.0 Å². The summed E-state index contributed by atoms with van der Waals surface area (Å²) >= 11 is 0. The number of nitrogens with zero attached hydrogens (tertiary/aromatic N) is 3. The summed E-state index contributed by atoms with van der Waals surface area (Å²) in [6, 6.07) is 0.782. The van der Waals surface area contributed by atoms with Crippen LogP contribution in [0.25, 0.3) is 0 Å². The molecule has 2 heterocycles. The predicted octanol–water partition coefficient (Wildman–Crippen LogP) is 1.36. The van der Waals surface area contributed by atoms with Crippen molar-refractivity contribution in [1.82, 2.24) is 14.9 Å². The Labute approximate surface area is 95.9 Å². The van der Waals surface area contributed by atoms with Gasteiger partial charge < -0.3 is 5.73 Å². The molecular weight excluding hydrogens is 200 g/mol. The third-order valence-corrected chi connectivity index (χ3v) is 3.84. The molecule has 1 saturated carbocycles. The standard InChI is InChI=1S/C12H18N4/c13-12-14-7-9-5-6-16(8-11(9)15-12)10-3-1-2-4-10/h7,10H,1-6,8H2,(H2,13,14,15). The molecule has 2 aliphatic rings. The highest BCUT2D eigenvalue weighted by Gasteiger charge is 2.26. The van der Waals surface area contributed by atoms with Crippen LogP contribution < -0.4 is 5.73 Å². The smallest absolute Gasteiger partial charge is 0.220 e. The number of rotatable bonds is 1. The molecule has 0 aromatic carbocycles. The largest absolute Gasteiger partial charge is 0.368 e. The van der Waals surface area contributed by atoms with Gasteiger partial charge in [0.25, 0.3) is 0 Å². The van der Waals surface area contributed by atoms with Crippen molar-refractivity contribution in [3.05, 3.63) is 17.5 Å². The number of hydrogen-bond acceptors (Lipinski definition) is 4. The quantitative estimate of drug-likeness (QED) is 0.773. The van der Waals surface area contributed by atoms with Crippen LogP contribution in [0, 0.1) is 0 Å². The van der Waals surface area contributed by atoms with Crippen molar-refractivity contribution >= 4 is 5.95 Å². The average molecular weight is 218 g/mol. The second kappa shape index (κ2) is 4.01. The molecule has 2 N–H and O–H groups in total. The van der Waals surface area contributed by atoms with Gasteiger partial charge >= 0.3 is 0 Å². The van der Waals surface area contributed by atoms with Crippen molar-refractivity contribution < 1.29 is 0 Å². The highest BCUT2D eigenvalue weighted by atomic mass is 15.2. The number of nitrogen functional groups attached to an aromatic ring is 1. The maximum Gasteiger partial charge on any atom is 0.220 e. The molecule has 0 radical (unpaired) electrons. The van der Waals surface area contributed by atoms with Crippen LogP contribution >= 0.6 is 0 Å². The zero-order valence-electron chi connectivity index (χ0n) is 9.52. The summed E-state index contributed by atoms with van der Waals surface area (Å²) in [7, 11) is 0. The van der Waals surface area contributed by atoms with E-state index < -0.39 is 0 Å². The van der Waals surface area contributed by atoms with Crippen LogP contribution in [0.1, 0.15) is 36.9 Å². The minimum atomic E-state index is 0.409.